The van der Waals surface area contributed by atoms with Crippen molar-refractivity contribution < 1.29 is 9.26 Å². The van der Waals surface area contributed by atoms with Gasteiger partial charge in [0.05, 0.1) is 12.2 Å². The maximum Gasteiger partial charge on any atom is 0.240 e. The van der Waals surface area contributed by atoms with Crippen LogP contribution < -0.4 is 4.90 Å². The number of halogens is 1. The fraction of sp³-hybridized carbons (Fsp3) is 0.533. The molecular formula is C15H20BrN5O2. The SMILES string of the molecule is COCc1noc(CN2CCN(c3ccc(Br)c(C)n3)CC2)n1. The number of aromatic nitrogens is 3. The van der Waals surface area contributed by atoms with Crippen LogP contribution in [0.3, 0.4) is 0 Å². The van der Waals surface area contributed by atoms with Gasteiger partial charge in [0.25, 0.3) is 0 Å². The van der Waals surface area contributed by atoms with Gasteiger partial charge in [0.2, 0.25) is 5.89 Å². The predicted octanol–water partition coefficient (Wildman–Crippen LogP) is 2.00. The predicted molar refractivity (Wildman–Crippen MR) is 89.2 cm³/mol. The first kappa shape index (κ1) is 16.4. The number of methoxy groups -OCH3 is 1. The Morgan fingerprint density at radius 1 is 1.22 bits per heavy atom. The van der Waals surface area contributed by atoms with Crippen molar-refractivity contribution in [3.63, 3.8) is 0 Å². The number of piperazine rings is 1. The maximum atomic E-state index is 5.25. The van der Waals surface area contributed by atoms with Gasteiger partial charge in [0.1, 0.15) is 12.4 Å². The van der Waals surface area contributed by atoms with E-state index in [0.29, 0.717) is 24.9 Å². The Morgan fingerprint density at radius 3 is 2.70 bits per heavy atom. The van der Waals surface area contributed by atoms with Crippen LogP contribution in [-0.4, -0.2) is 53.3 Å². The van der Waals surface area contributed by atoms with Crippen LogP contribution in [-0.2, 0) is 17.9 Å². The Kier molecular flexibility index (Phi) is 5.24. The molecular weight excluding hydrogens is 362 g/mol. The fourth-order valence-corrected chi connectivity index (χ4v) is 2.80. The number of rotatable bonds is 5. The van der Waals surface area contributed by atoms with Crippen LogP contribution in [0.1, 0.15) is 17.4 Å². The summed E-state index contributed by atoms with van der Waals surface area (Å²) in [6, 6.07) is 4.11. The Morgan fingerprint density at radius 2 is 2.00 bits per heavy atom. The lowest BCUT2D eigenvalue weighted by atomic mass is 10.3. The zero-order valence-electron chi connectivity index (χ0n) is 13.3. The maximum absolute atomic E-state index is 5.25. The third-order valence-electron chi connectivity index (χ3n) is 3.85. The number of hydrogen-bond acceptors (Lipinski definition) is 7. The van der Waals surface area contributed by atoms with Gasteiger partial charge in [-0.15, -0.1) is 0 Å². The summed E-state index contributed by atoms with van der Waals surface area (Å²) in [6.45, 7) is 6.83. The standard InChI is InChI=1S/C15H20BrN5O2/c1-11-12(16)3-4-14(17-11)21-7-5-20(6-8-21)9-15-18-13(10-22-2)19-23-15/h3-4H,5-10H2,1-2H3. The molecule has 0 radical (unpaired) electrons. The number of nitrogens with zero attached hydrogens (tertiary/aromatic N) is 5. The molecule has 3 rings (SSSR count). The van der Waals surface area contributed by atoms with E-state index < -0.39 is 0 Å². The molecule has 0 saturated carbocycles. The summed E-state index contributed by atoms with van der Waals surface area (Å²) in [5, 5.41) is 3.89. The van der Waals surface area contributed by atoms with Crippen LogP contribution in [0.15, 0.2) is 21.1 Å². The molecule has 0 N–H and O–H groups in total. The highest BCUT2D eigenvalue weighted by Gasteiger charge is 2.20. The van der Waals surface area contributed by atoms with Crippen molar-refractivity contribution in [3.8, 4) is 0 Å². The van der Waals surface area contributed by atoms with Gasteiger partial charge in [0, 0.05) is 37.8 Å². The van der Waals surface area contributed by atoms with Gasteiger partial charge >= 0.3 is 0 Å². The number of pyridine rings is 1. The zero-order valence-corrected chi connectivity index (χ0v) is 14.9. The van der Waals surface area contributed by atoms with Gasteiger partial charge in [-0.3, -0.25) is 4.90 Å². The third kappa shape index (κ3) is 4.07. The van der Waals surface area contributed by atoms with Crippen LogP contribution in [0, 0.1) is 6.92 Å². The molecule has 7 nitrogen and oxygen atoms in total. The van der Waals surface area contributed by atoms with E-state index >= 15 is 0 Å². The van der Waals surface area contributed by atoms with E-state index in [-0.39, 0.29) is 0 Å². The zero-order chi connectivity index (χ0) is 16.2. The third-order valence-corrected chi connectivity index (χ3v) is 4.68. The first-order chi connectivity index (χ1) is 11.2. The van der Waals surface area contributed by atoms with Crippen molar-refractivity contribution in [2.24, 2.45) is 0 Å². The van der Waals surface area contributed by atoms with E-state index in [0.717, 1.165) is 42.2 Å². The van der Waals surface area contributed by atoms with Gasteiger partial charge in [0.15, 0.2) is 5.82 Å². The highest BCUT2D eigenvalue weighted by Crippen LogP contribution is 2.20. The Balaban J connectivity index is 1.54. The minimum atomic E-state index is 0.381. The monoisotopic (exact) mass is 381 g/mol. The largest absolute Gasteiger partial charge is 0.377 e. The Bertz CT molecular complexity index is 655. The molecule has 124 valence electrons. The summed E-state index contributed by atoms with van der Waals surface area (Å²) in [7, 11) is 1.62. The first-order valence-electron chi connectivity index (χ1n) is 7.56. The molecule has 8 heteroatoms. The second-order valence-electron chi connectivity index (χ2n) is 5.54. The van der Waals surface area contributed by atoms with E-state index in [2.05, 4.69) is 53.0 Å². The van der Waals surface area contributed by atoms with Crippen molar-refractivity contribution in [1.29, 1.82) is 0 Å². The molecule has 2 aromatic rings. The van der Waals surface area contributed by atoms with Crippen LogP contribution >= 0.6 is 15.9 Å². The quantitative estimate of drug-likeness (QED) is 0.784. The second-order valence-corrected chi connectivity index (χ2v) is 6.39. The molecule has 0 atom stereocenters. The molecule has 1 fully saturated rings. The lowest BCUT2D eigenvalue weighted by molar-refractivity contribution is 0.174. The van der Waals surface area contributed by atoms with Crippen molar-refractivity contribution in [1.82, 2.24) is 20.0 Å². The Hall–Kier alpha value is -1.51. The van der Waals surface area contributed by atoms with E-state index in [9.17, 15) is 0 Å². The van der Waals surface area contributed by atoms with E-state index in [1.807, 2.05) is 6.92 Å². The fourth-order valence-electron chi connectivity index (χ4n) is 2.58. The summed E-state index contributed by atoms with van der Waals surface area (Å²) in [5.41, 5.74) is 1.02. The second kappa shape index (κ2) is 7.37. The van der Waals surface area contributed by atoms with Crippen LogP contribution in [0.2, 0.25) is 0 Å². The lowest BCUT2D eigenvalue weighted by Gasteiger charge is -2.34. The molecule has 23 heavy (non-hydrogen) atoms. The minimum absolute atomic E-state index is 0.381. The van der Waals surface area contributed by atoms with E-state index in [1.165, 1.54) is 0 Å². The van der Waals surface area contributed by atoms with Crippen LogP contribution in [0.5, 0.6) is 0 Å². The molecule has 0 aliphatic carbocycles. The highest BCUT2D eigenvalue weighted by atomic mass is 79.9. The van der Waals surface area contributed by atoms with Crippen molar-refractivity contribution in [3.05, 3.63) is 34.0 Å². The molecule has 1 aliphatic heterocycles. The van der Waals surface area contributed by atoms with Crippen molar-refractivity contribution in [2.75, 3.05) is 38.2 Å². The lowest BCUT2D eigenvalue weighted by Crippen LogP contribution is -2.46. The van der Waals surface area contributed by atoms with Gasteiger partial charge in [-0.2, -0.15) is 4.98 Å². The molecule has 0 amide bonds. The summed E-state index contributed by atoms with van der Waals surface area (Å²) in [4.78, 5) is 13.6. The molecule has 0 spiro atoms. The summed E-state index contributed by atoms with van der Waals surface area (Å²) in [5.74, 6) is 2.27. The Labute approximate surface area is 143 Å². The number of ether oxygens (including phenoxy) is 1. The smallest absolute Gasteiger partial charge is 0.240 e. The molecule has 0 unspecified atom stereocenters. The van der Waals surface area contributed by atoms with Crippen molar-refractivity contribution in [2.45, 2.75) is 20.1 Å². The summed E-state index contributed by atoms with van der Waals surface area (Å²) >= 11 is 3.49. The average Bonchev–Trinajstić information content (AvgIpc) is 2.98. The van der Waals surface area contributed by atoms with Crippen LogP contribution in [0.4, 0.5) is 5.82 Å². The van der Waals surface area contributed by atoms with E-state index in [1.54, 1.807) is 7.11 Å². The van der Waals surface area contributed by atoms with Crippen LogP contribution in [0.25, 0.3) is 0 Å². The molecule has 2 aromatic heterocycles. The summed E-state index contributed by atoms with van der Waals surface area (Å²) < 4.78 is 11.3. The molecule has 0 bridgehead atoms. The van der Waals surface area contributed by atoms with Gasteiger partial charge in [-0.1, -0.05) is 5.16 Å². The number of anilines is 1. The van der Waals surface area contributed by atoms with Gasteiger partial charge in [-0.25, -0.2) is 4.98 Å². The van der Waals surface area contributed by atoms with Crippen molar-refractivity contribution >= 4 is 21.7 Å². The topological polar surface area (TPSA) is 67.5 Å². The molecule has 1 saturated heterocycles. The van der Waals surface area contributed by atoms with Gasteiger partial charge < -0.3 is 14.2 Å². The van der Waals surface area contributed by atoms with Gasteiger partial charge in [-0.05, 0) is 35.0 Å². The highest BCUT2D eigenvalue weighted by molar-refractivity contribution is 9.10. The minimum Gasteiger partial charge on any atom is -0.377 e. The average molecular weight is 382 g/mol. The summed E-state index contributed by atoms with van der Waals surface area (Å²) in [6.07, 6.45) is 0. The van der Waals surface area contributed by atoms with E-state index in [4.69, 9.17) is 9.26 Å². The molecule has 1 aliphatic rings. The number of aryl methyl sites for hydroxylation is 1. The first-order valence-corrected chi connectivity index (χ1v) is 8.36. The normalized spacial score (nSPS) is 16.0. The number of hydrogen-bond donors (Lipinski definition) is 0. The molecule has 3 heterocycles. The molecule has 0 aromatic carbocycles.